The summed E-state index contributed by atoms with van der Waals surface area (Å²) in [5.41, 5.74) is 6.62. The van der Waals surface area contributed by atoms with E-state index in [9.17, 15) is 0 Å². The number of methoxy groups -OCH3 is 2. The van der Waals surface area contributed by atoms with Gasteiger partial charge in [0, 0.05) is 11.7 Å². The summed E-state index contributed by atoms with van der Waals surface area (Å²) in [7, 11) is 3.08. The SMILES string of the molecule is COc1ncc(C2(N)CC2)c(OC)n1. The molecule has 5 heteroatoms. The maximum Gasteiger partial charge on any atom is 0.319 e. The fraction of sp³-hybridized carbons (Fsp3) is 0.556. The summed E-state index contributed by atoms with van der Waals surface area (Å²) in [6.45, 7) is 0. The largest absolute Gasteiger partial charge is 0.481 e. The molecule has 0 unspecified atom stereocenters. The highest BCUT2D eigenvalue weighted by Crippen LogP contribution is 2.45. The Kier molecular flexibility index (Phi) is 2.03. The van der Waals surface area contributed by atoms with Crippen LogP contribution in [0.2, 0.25) is 0 Å². The summed E-state index contributed by atoms with van der Waals surface area (Å²) < 4.78 is 10.0. The van der Waals surface area contributed by atoms with E-state index in [1.807, 2.05) is 0 Å². The van der Waals surface area contributed by atoms with Gasteiger partial charge in [0.05, 0.1) is 19.8 Å². The zero-order valence-electron chi connectivity index (χ0n) is 8.28. The van der Waals surface area contributed by atoms with E-state index in [4.69, 9.17) is 15.2 Å². The van der Waals surface area contributed by atoms with Crippen molar-refractivity contribution in [2.45, 2.75) is 18.4 Å². The second-order valence-electron chi connectivity index (χ2n) is 3.44. The van der Waals surface area contributed by atoms with Gasteiger partial charge < -0.3 is 15.2 Å². The molecule has 1 fully saturated rings. The molecule has 1 heterocycles. The van der Waals surface area contributed by atoms with Crippen LogP contribution in [-0.2, 0) is 5.54 Å². The Morgan fingerprint density at radius 2 is 2.07 bits per heavy atom. The zero-order valence-corrected chi connectivity index (χ0v) is 8.28. The highest BCUT2D eigenvalue weighted by atomic mass is 16.5. The van der Waals surface area contributed by atoms with Crippen LogP contribution in [0.1, 0.15) is 18.4 Å². The minimum atomic E-state index is -0.280. The Hall–Kier alpha value is -1.36. The molecule has 1 aromatic heterocycles. The van der Waals surface area contributed by atoms with Crippen molar-refractivity contribution in [3.05, 3.63) is 11.8 Å². The van der Waals surface area contributed by atoms with Crippen molar-refractivity contribution < 1.29 is 9.47 Å². The molecule has 1 aromatic rings. The quantitative estimate of drug-likeness (QED) is 0.757. The fourth-order valence-corrected chi connectivity index (χ4v) is 1.35. The summed E-state index contributed by atoms with van der Waals surface area (Å²) in [5, 5.41) is 0. The monoisotopic (exact) mass is 195 g/mol. The van der Waals surface area contributed by atoms with E-state index in [1.165, 1.54) is 7.11 Å². The van der Waals surface area contributed by atoms with Crippen molar-refractivity contribution in [2.24, 2.45) is 5.73 Å². The minimum absolute atomic E-state index is 0.280. The lowest BCUT2D eigenvalue weighted by Gasteiger charge is -2.12. The molecule has 1 aliphatic carbocycles. The van der Waals surface area contributed by atoms with Gasteiger partial charge in [-0.1, -0.05) is 0 Å². The van der Waals surface area contributed by atoms with Gasteiger partial charge in [0.1, 0.15) is 0 Å². The molecule has 0 saturated heterocycles. The fourth-order valence-electron chi connectivity index (χ4n) is 1.35. The second kappa shape index (κ2) is 3.09. The molecule has 14 heavy (non-hydrogen) atoms. The van der Waals surface area contributed by atoms with Crippen molar-refractivity contribution >= 4 is 0 Å². The molecule has 0 bridgehead atoms. The van der Waals surface area contributed by atoms with E-state index in [1.54, 1.807) is 13.3 Å². The lowest BCUT2D eigenvalue weighted by atomic mass is 10.1. The topological polar surface area (TPSA) is 70.3 Å². The lowest BCUT2D eigenvalue weighted by molar-refractivity contribution is 0.345. The number of ether oxygens (including phenoxy) is 2. The molecular weight excluding hydrogens is 182 g/mol. The van der Waals surface area contributed by atoms with Gasteiger partial charge in [0.2, 0.25) is 5.88 Å². The molecule has 76 valence electrons. The van der Waals surface area contributed by atoms with Gasteiger partial charge in [-0.25, -0.2) is 4.98 Å². The molecule has 2 rings (SSSR count). The third kappa shape index (κ3) is 1.39. The normalized spacial score (nSPS) is 17.6. The summed E-state index contributed by atoms with van der Waals surface area (Å²) in [4.78, 5) is 8.10. The molecule has 0 amide bonds. The Balaban J connectivity index is 2.40. The molecule has 0 spiro atoms. The van der Waals surface area contributed by atoms with Crippen LogP contribution in [0.5, 0.6) is 11.9 Å². The van der Waals surface area contributed by atoms with Crippen LogP contribution in [0.3, 0.4) is 0 Å². The van der Waals surface area contributed by atoms with Gasteiger partial charge in [0.15, 0.2) is 0 Å². The Morgan fingerprint density at radius 1 is 1.36 bits per heavy atom. The van der Waals surface area contributed by atoms with Gasteiger partial charge in [-0.15, -0.1) is 0 Å². The van der Waals surface area contributed by atoms with E-state index < -0.39 is 0 Å². The van der Waals surface area contributed by atoms with E-state index in [0.29, 0.717) is 11.9 Å². The molecule has 2 N–H and O–H groups in total. The number of hydrogen-bond acceptors (Lipinski definition) is 5. The van der Waals surface area contributed by atoms with Gasteiger partial charge in [-0.3, -0.25) is 0 Å². The number of rotatable bonds is 3. The maximum absolute atomic E-state index is 6.03. The molecular formula is C9H13N3O2. The van der Waals surface area contributed by atoms with Crippen LogP contribution in [0.15, 0.2) is 6.20 Å². The molecule has 5 nitrogen and oxygen atoms in total. The average Bonchev–Trinajstić information content (AvgIpc) is 2.96. The third-order valence-electron chi connectivity index (χ3n) is 2.43. The first-order valence-electron chi connectivity index (χ1n) is 4.44. The summed E-state index contributed by atoms with van der Waals surface area (Å²) in [6, 6.07) is 0.301. The van der Waals surface area contributed by atoms with Gasteiger partial charge in [-0.05, 0) is 12.8 Å². The summed E-state index contributed by atoms with van der Waals surface area (Å²) in [5.74, 6) is 0.511. The van der Waals surface area contributed by atoms with E-state index in [-0.39, 0.29) is 5.54 Å². The smallest absolute Gasteiger partial charge is 0.319 e. The number of aromatic nitrogens is 2. The summed E-state index contributed by atoms with van der Waals surface area (Å²) in [6.07, 6.45) is 3.59. The first kappa shape index (κ1) is 9.21. The standard InChI is InChI=1S/C9H13N3O2/c1-13-7-6(9(10)3-4-9)5-11-8(12-7)14-2/h5H,3-4,10H2,1-2H3. The van der Waals surface area contributed by atoms with Crippen LogP contribution in [0.4, 0.5) is 0 Å². The van der Waals surface area contributed by atoms with E-state index in [0.717, 1.165) is 18.4 Å². The van der Waals surface area contributed by atoms with Crippen LogP contribution in [-0.4, -0.2) is 24.2 Å². The molecule has 0 atom stereocenters. The predicted molar refractivity (Wildman–Crippen MR) is 50.2 cm³/mol. The lowest BCUT2D eigenvalue weighted by Crippen LogP contribution is -2.20. The second-order valence-corrected chi connectivity index (χ2v) is 3.44. The van der Waals surface area contributed by atoms with Crippen LogP contribution < -0.4 is 15.2 Å². The Labute approximate surface area is 82.3 Å². The Bertz CT molecular complexity index is 350. The molecule has 0 aromatic carbocycles. The molecule has 1 aliphatic rings. The molecule has 0 aliphatic heterocycles. The van der Waals surface area contributed by atoms with Crippen molar-refractivity contribution in [3.63, 3.8) is 0 Å². The van der Waals surface area contributed by atoms with Gasteiger partial charge in [0.25, 0.3) is 0 Å². The highest BCUT2D eigenvalue weighted by Gasteiger charge is 2.43. The minimum Gasteiger partial charge on any atom is -0.481 e. The Morgan fingerprint density at radius 3 is 2.57 bits per heavy atom. The zero-order chi connectivity index (χ0) is 10.2. The van der Waals surface area contributed by atoms with Crippen LogP contribution >= 0.6 is 0 Å². The van der Waals surface area contributed by atoms with Gasteiger partial charge >= 0.3 is 6.01 Å². The van der Waals surface area contributed by atoms with Crippen molar-refractivity contribution in [2.75, 3.05) is 14.2 Å². The van der Waals surface area contributed by atoms with Crippen molar-refractivity contribution in [3.8, 4) is 11.9 Å². The maximum atomic E-state index is 6.03. The first-order chi connectivity index (χ1) is 6.69. The number of nitrogens with two attached hydrogens (primary N) is 1. The van der Waals surface area contributed by atoms with Crippen LogP contribution in [0, 0.1) is 0 Å². The highest BCUT2D eigenvalue weighted by molar-refractivity contribution is 5.36. The predicted octanol–water partition coefficient (Wildman–Crippen LogP) is 0.442. The molecule has 0 radical (unpaired) electrons. The van der Waals surface area contributed by atoms with Crippen LogP contribution in [0.25, 0.3) is 0 Å². The van der Waals surface area contributed by atoms with Gasteiger partial charge in [-0.2, -0.15) is 4.98 Å². The van der Waals surface area contributed by atoms with E-state index in [2.05, 4.69) is 9.97 Å². The van der Waals surface area contributed by atoms with E-state index >= 15 is 0 Å². The van der Waals surface area contributed by atoms with Crippen molar-refractivity contribution in [1.29, 1.82) is 0 Å². The first-order valence-corrected chi connectivity index (χ1v) is 4.44. The average molecular weight is 195 g/mol. The van der Waals surface area contributed by atoms with Crippen molar-refractivity contribution in [1.82, 2.24) is 9.97 Å². The number of hydrogen-bond donors (Lipinski definition) is 1. The number of nitrogens with zero attached hydrogens (tertiary/aromatic N) is 2. The molecule has 1 saturated carbocycles. The summed E-state index contributed by atoms with van der Waals surface area (Å²) >= 11 is 0. The third-order valence-corrected chi connectivity index (χ3v) is 2.43.